The molecule has 0 heterocycles. The molecule has 7 heteroatoms. The largest absolute Gasteiger partial charge is 0.417 e. The topological polar surface area (TPSA) is 40.9 Å². The standard InChI is InChI=1S/C18H10Cl2F3NO/c1-10-4-11(2-3-12(10)9-24)17(25)8-16(18(21,22)23)13-5-14(19)7-15(20)6-13/h2-8H,1H3. The van der Waals surface area contributed by atoms with Crippen LogP contribution in [0.3, 0.4) is 0 Å². The monoisotopic (exact) mass is 383 g/mol. The van der Waals surface area contributed by atoms with Crippen molar-refractivity contribution in [1.29, 1.82) is 5.26 Å². The first kappa shape index (κ1) is 19.0. The third-order valence-electron chi connectivity index (χ3n) is 3.39. The molecule has 0 atom stereocenters. The van der Waals surface area contributed by atoms with Crippen LogP contribution in [0.5, 0.6) is 0 Å². The summed E-state index contributed by atoms with van der Waals surface area (Å²) in [4.78, 5) is 12.3. The number of nitrogens with zero attached hydrogens (tertiary/aromatic N) is 1. The molecule has 0 aliphatic rings. The normalized spacial score (nSPS) is 12.0. The van der Waals surface area contributed by atoms with Gasteiger partial charge in [0.1, 0.15) is 0 Å². The molecule has 0 radical (unpaired) electrons. The second-order valence-electron chi connectivity index (χ2n) is 5.22. The van der Waals surface area contributed by atoms with Crippen LogP contribution in [0, 0.1) is 18.3 Å². The van der Waals surface area contributed by atoms with Gasteiger partial charge in [-0.25, -0.2) is 0 Å². The Morgan fingerprint density at radius 1 is 1.08 bits per heavy atom. The molecule has 128 valence electrons. The molecule has 0 spiro atoms. The summed E-state index contributed by atoms with van der Waals surface area (Å²) < 4.78 is 40.2. The van der Waals surface area contributed by atoms with Crippen LogP contribution < -0.4 is 0 Å². The summed E-state index contributed by atoms with van der Waals surface area (Å²) in [6, 6.07) is 9.47. The number of halogens is 5. The average molecular weight is 384 g/mol. The highest BCUT2D eigenvalue weighted by Gasteiger charge is 2.35. The van der Waals surface area contributed by atoms with Crippen LogP contribution in [-0.4, -0.2) is 12.0 Å². The maximum Gasteiger partial charge on any atom is 0.417 e. The summed E-state index contributed by atoms with van der Waals surface area (Å²) in [7, 11) is 0. The quantitative estimate of drug-likeness (QED) is 0.481. The highest BCUT2D eigenvalue weighted by Crippen LogP contribution is 2.36. The Kier molecular flexibility index (Phi) is 5.56. The molecule has 0 N–H and O–H groups in total. The Hall–Kier alpha value is -2.29. The number of hydrogen-bond donors (Lipinski definition) is 0. The van der Waals surface area contributed by atoms with Crippen molar-refractivity contribution in [3.05, 3.63) is 74.8 Å². The molecule has 0 aromatic heterocycles. The molecule has 0 saturated carbocycles. The Morgan fingerprint density at radius 3 is 2.16 bits per heavy atom. The van der Waals surface area contributed by atoms with Crippen LogP contribution in [0.25, 0.3) is 5.57 Å². The predicted octanol–water partition coefficient (Wildman–Crippen LogP) is 6.00. The number of carbonyl (C=O) groups excluding carboxylic acids is 1. The van der Waals surface area contributed by atoms with Gasteiger partial charge in [-0.1, -0.05) is 23.2 Å². The van der Waals surface area contributed by atoms with Gasteiger partial charge in [0.25, 0.3) is 0 Å². The molecule has 2 aromatic carbocycles. The van der Waals surface area contributed by atoms with E-state index in [4.69, 9.17) is 28.5 Å². The number of hydrogen-bond acceptors (Lipinski definition) is 2. The van der Waals surface area contributed by atoms with Crippen molar-refractivity contribution in [1.82, 2.24) is 0 Å². The van der Waals surface area contributed by atoms with Gasteiger partial charge < -0.3 is 0 Å². The molecule has 0 amide bonds. The van der Waals surface area contributed by atoms with Crippen molar-refractivity contribution in [3.63, 3.8) is 0 Å². The summed E-state index contributed by atoms with van der Waals surface area (Å²) >= 11 is 11.5. The Bertz CT molecular complexity index is 891. The fraction of sp³-hybridized carbons (Fsp3) is 0.111. The Morgan fingerprint density at radius 2 is 1.68 bits per heavy atom. The van der Waals surface area contributed by atoms with Crippen LogP contribution in [0.15, 0.2) is 42.5 Å². The molecular weight excluding hydrogens is 374 g/mol. The third kappa shape index (κ3) is 4.62. The third-order valence-corrected chi connectivity index (χ3v) is 3.82. The summed E-state index contributed by atoms with van der Waals surface area (Å²) in [6.07, 6.45) is -4.27. The average Bonchev–Trinajstić information content (AvgIpc) is 2.50. The number of alkyl halides is 3. The SMILES string of the molecule is Cc1cc(C(=O)C=C(c2cc(Cl)cc(Cl)c2)C(F)(F)F)ccc1C#N. The van der Waals surface area contributed by atoms with E-state index in [-0.39, 0.29) is 21.2 Å². The van der Waals surface area contributed by atoms with Gasteiger partial charge in [0.05, 0.1) is 17.2 Å². The van der Waals surface area contributed by atoms with Crippen molar-refractivity contribution < 1.29 is 18.0 Å². The predicted molar refractivity (Wildman–Crippen MR) is 90.7 cm³/mol. The van der Waals surface area contributed by atoms with E-state index in [2.05, 4.69) is 0 Å². The van der Waals surface area contributed by atoms with E-state index in [9.17, 15) is 18.0 Å². The van der Waals surface area contributed by atoms with Gasteiger partial charge in [0.2, 0.25) is 0 Å². The summed E-state index contributed by atoms with van der Waals surface area (Å²) in [5, 5.41) is 8.93. The van der Waals surface area contributed by atoms with Crippen molar-refractivity contribution >= 4 is 34.6 Å². The molecule has 2 rings (SSSR count). The number of aryl methyl sites for hydroxylation is 1. The zero-order valence-electron chi connectivity index (χ0n) is 12.8. The van der Waals surface area contributed by atoms with E-state index in [0.29, 0.717) is 17.2 Å². The Balaban J connectivity index is 2.53. The lowest BCUT2D eigenvalue weighted by Crippen LogP contribution is -2.13. The van der Waals surface area contributed by atoms with Gasteiger partial charge in [-0.05, 0) is 60.5 Å². The molecule has 0 aliphatic carbocycles. The first-order valence-electron chi connectivity index (χ1n) is 6.92. The molecule has 0 saturated heterocycles. The summed E-state index contributed by atoms with van der Waals surface area (Å²) in [6.45, 7) is 1.60. The second kappa shape index (κ2) is 7.30. The number of carbonyl (C=O) groups is 1. The minimum absolute atomic E-state index is 0.0271. The maximum atomic E-state index is 13.4. The minimum atomic E-state index is -4.77. The number of ketones is 1. The van der Waals surface area contributed by atoms with Crippen molar-refractivity contribution in [2.45, 2.75) is 13.1 Å². The van der Waals surface area contributed by atoms with Crippen LogP contribution in [-0.2, 0) is 0 Å². The fourth-order valence-corrected chi connectivity index (χ4v) is 2.72. The number of benzene rings is 2. The van der Waals surface area contributed by atoms with Gasteiger partial charge in [-0.3, -0.25) is 4.79 Å². The lowest BCUT2D eigenvalue weighted by atomic mass is 9.99. The number of nitriles is 1. The zero-order chi connectivity index (χ0) is 18.8. The van der Waals surface area contributed by atoms with Gasteiger partial charge in [-0.15, -0.1) is 0 Å². The zero-order valence-corrected chi connectivity index (χ0v) is 14.3. The first-order chi connectivity index (χ1) is 11.6. The highest BCUT2D eigenvalue weighted by molar-refractivity contribution is 6.35. The molecule has 2 aromatic rings. The molecule has 0 aliphatic heterocycles. The van der Waals surface area contributed by atoms with Crippen LogP contribution in [0.4, 0.5) is 13.2 Å². The summed E-state index contributed by atoms with van der Waals surface area (Å²) in [5.41, 5.74) is -0.557. The lowest BCUT2D eigenvalue weighted by Gasteiger charge is -2.13. The van der Waals surface area contributed by atoms with Crippen LogP contribution in [0.1, 0.15) is 27.0 Å². The highest BCUT2D eigenvalue weighted by atomic mass is 35.5. The summed E-state index contributed by atoms with van der Waals surface area (Å²) in [5.74, 6) is -0.837. The fourth-order valence-electron chi connectivity index (χ4n) is 2.19. The van der Waals surface area contributed by atoms with Crippen molar-refractivity contribution in [2.75, 3.05) is 0 Å². The van der Waals surface area contributed by atoms with E-state index in [1.165, 1.54) is 24.3 Å². The Labute approximate surface area is 152 Å². The van der Waals surface area contributed by atoms with E-state index >= 15 is 0 Å². The smallest absolute Gasteiger partial charge is 0.289 e. The first-order valence-corrected chi connectivity index (χ1v) is 7.68. The number of allylic oxidation sites excluding steroid dienone is 2. The van der Waals surface area contributed by atoms with Crippen LogP contribution >= 0.6 is 23.2 Å². The van der Waals surface area contributed by atoms with E-state index in [0.717, 1.165) is 12.1 Å². The van der Waals surface area contributed by atoms with Gasteiger partial charge in [0.15, 0.2) is 5.78 Å². The van der Waals surface area contributed by atoms with E-state index in [1.807, 2.05) is 6.07 Å². The molecule has 0 bridgehead atoms. The maximum absolute atomic E-state index is 13.4. The second-order valence-corrected chi connectivity index (χ2v) is 6.09. The minimum Gasteiger partial charge on any atom is -0.289 e. The van der Waals surface area contributed by atoms with Gasteiger partial charge in [0, 0.05) is 15.6 Å². The van der Waals surface area contributed by atoms with Crippen LogP contribution in [0.2, 0.25) is 10.0 Å². The van der Waals surface area contributed by atoms with E-state index < -0.39 is 17.5 Å². The van der Waals surface area contributed by atoms with Crippen molar-refractivity contribution in [2.24, 2.45) is 0 Å². The van der Waals surface area contributed by atoms with Gasteiger partial charge in [-0.2, -0.15) is 18.4 Å². The molecule has 0 unspecified atom stereocenters. The van der Waals surface area contributed by atoms with E-state index in [1.54, 1.807) is 6.92 Å². The molecule has 2 nitrogen and oxygen atoms in total. The molecule has 0 fully saturated rings. The number of rotatable bonds is 3. The molecular formula is C18H10Cl2F3NO. The van der Waals surface area contributed by atoms with Crippen molar-refractivity contribution in [3.8, 4) is 6.07 Å². The lowest BCUT2D eigenvalue weighted by molar-refractivity contribution is -0.0689. The van der Waals surface area contributed by atoms with Gasteiger partial charge >= 0.3 is 6.18 Å². The molecule has 25 heavy (non-hydrogen) atoms.